The van der Waals surface area contributed by atoms with Gasteiger partial charge in [0.15, 0.2) is 0 Å². The van der Waals surface area contributed by atoms with E-state index in [4.69, 9.17) is 4.74 Å². The minimum Gasteiger partial charge on any atom is -0.444 e. The van der Waals surface area contributed by atoms with Gasteiger partial charge in [-0.25, -0.2) is 4.79 Å². The Bertz CT molecular complexity index is 293. The van der Waals surface area contributed by atoms with E-state index >= 15 is 0 Å². The number of carbonyl (C=O) groups excluding carboxylic acids is 1. The molecular formula is C13H23NO2. The van der Waals surface area contributed by atoms with E-state index in [-0.39, 0.29) is 11.7 Å². The Morgan fingerprint density at radius 1 is 1.25 bits per heavy atom. The molecule has 4 unspecified atom stereocenters. The molecule has 1 heterocycles. The molecule has 1 aliphatic heterocycles. The molecule has 2 fully saturated rings. The van der Waals surface area contributed by atoms with Crippen molar-refractivity contribution >= 4 is 6.09 Å². The standard InChI is InChI=1S/C13H23NO2/c1-8-6-10-7-11(8)9(2)14(10)12(15)16-13(3,4)5/h8-11H,6-7H2,1-5H3. The van der Waals surface area contributed by atoms with Crippen molar-refractivity contribution in [1.82, 2.24) is 4.90 Å². The molecule has 1 aliphatic carbocycles. The van der Waals surface area contributed by atoms with Crippen molar-refractivity contribution in [3.63, 3.8) is 0 Å². The Balaban J connectivity index is 2.04. The van der Waals surface area contributed by atoms with Gasteiger partial charge in [-0.2, -0.15) is 0 Å². The fraction of sp³-hybridized carbons (Fsp3) is 0.923. The van der Waals surface area contributed by atoms with Crippen LogP contribution in [-0.4, -0.2) is 28.7 Å². The molecule has 1 saturated carbocycles. The number of nitrogens with zero attached hydrogens (tertiary/aromatic N) is 1. The lowest BCUT2D eigenvalue weighted by atomic mass is 9.90. The van der Waals surface area contributed by atoms with Crippen molar-refractivity contribution < 1.29 is 9.53 Å². The maximum atomic E-state index is 12.1. The van der Waals surface area contributed by atoms with Crippen LogP contribution in [0.4, 0.5) is 4.79 Å². The predicted molar refractivity (Wildman–Crippen MR) is 63.2 cm³/mol. The fourth-order valence-electron chi connectivity index (χ4n) is 3.31. The van der Waals surface area contributed by atoms with Crippen molar-refractivity contribution in [3.8, 4) is 0 Å². The highest BCUT2D eigenvalue weighted by molar-refractivity contribution is 5.69. The van der Waals surface area contributed by atoms with E-state index in [2.05, 4.69) is 13.8 Å². The Kier molecular flexibility index (Phi) is 2.67. The molecule has 0 radical (unpaired) electrons. The average molecular weight is 225 g/mol. The van der Waals surface area contributed by atoms with Gasteiger partial charge in [0.25, 0.3) is 0 Å². The lowest BCUT2D eigenvalue weighted by molar-refractivity contribution is 0.00578. The van der Waals surface area contributed by atoms with Gasteiger partial charge in [-0.3, -0.25) is 0 Å². The summed E-state index contributed by atoms with van der Waals surface area (Å²) in [7, 11) is 0. The lowest BCUT2D eigenvalue weighted by Crippen LogP contribution is -2.47. The molecule has 3 heteroatoms. The molecule has 0 aromatic heterocycles. The van der Waals surface area contributed by atoms with Gasteiger partial charge < -0.3 is 9.64 Å². The molecule has 2 rings (SSSR count). The van der Waals surface area contributed by atoms with Crippen LogP contribution in [-0.2, 0) is 4.74 Å². The fourth-order valence-corrected chi connectivity index (χ4v) is 3.31. The number of carbonyl (C=O) groups is 1. The van der Waals surface area contributed by atoms with E-state index in [1.165, 1.54) is 6.42 Å². The van der Waals surface area contributed by atoms with E-state index in [1.54, 1.807) is 0 Å². The first kappa shape index (κ1) is 11.7. The van der Waals surface area contributed by atoms with Crippen LogP contribution in [0.15, 0.2) is 0 Å². The number of rotatable bonds is 0. The van der Waals surface area contributed by atoms with Crippen LogP contribution >= 0.6 is 0 Å². The Hall–Kier alpha value is -0.730. The summed E-state index contributed by atoms with van der Waals surface area (Å²) in [6.07, 6.45) is 2.19. The first-order valence-corrected chi connectivity index (χ1v) is 6.31. The number of fused-ring (bicyclic) bond motifs is 2. The summed E-state index contributed by atoms with van der Waals surface area (Å²) in [5.74, 6) is 1.44. The smallest absolute Gasteiger partial charge is 0.410 e. The molecule has 2 bridgehead atoms. The second-order valence-electron chi connectivity index (χ2n) is 6.39. The number of ether oxygens (including phenoxy) is 1. The van der Waals surface area contributed by atoms with Gasteiger partial charge in [0.2, 0.25) is 0 Å². The lowest BCUT2D eigenvalue weighted by Gasteiger charge is -2.36. The highest BCUT2D eigenvalue weighted by atomic mass is 16.6. The molecule has 16 heavy (non-hydrogen) atoms. The second kappa shape index (κ2) is 3.64. The maximum Gasteiger partial charge on any atom is 0.410 e. The first-order chi connectivity index (χ1) is 7.29. The van der Waals surface area contributed by atoms with E-state index in [9.17, 15) is 4.79 Å². The van der Waals surface area contributed by atoms with E-state index in [0.29, 0.717) is 18.0 Å². The van der Waals surface area contributed by atoms with Gasteiger partial charge in [-0.05, 0) is 52.4 Å². The first-order valence-electron chi connectivity index (χ1n) is 6.31. The summed E-state index contributed by atoms with van der Waals surface area (Å²) in [5, 5.41) is 0. The van der Waals surface area contributed by atoms with Crippen molar-refractivity contribution in [1.29, 1.82) is 0 Å². The molecular weight excluding hydrogens is 202 g/mol. The second-order valence-corrected chi connectivity index (χ2v) is 6.39. The molecule has 1 saturated heterocycles. The van der Waals surface area contributed by atoms with Gasteiger partial charge >= 0.3 is 6.09 Å². The third-order valence-corrected chi connectivity index (χ3v) is 3.98. The topological polar surface area (TPSA) is 29.5 Å². The van der Waals surface area contributed by atoms with Crippen LogP contribution in [0.2, 0.25) is 0 Å². The normalized spacial score (nSPS) is 37.9. The average Bonchev–Trinajstić information content (AvgIpc) is 2.56. The van der Waals surface area contributed by atoms with Crippen molar-refractivity contribution in [2.24, 2.45) is 11.8 Å². The summed E-state index contributed by atoms with van der Waals surface area (Å²) in [4.78, 5) is 14.0. The number of likely N-dealkylation sites (tertiary alicyclic amines) is 1. The quantitative estimate of drug-likeness (QED) is 0.634. The highest BCUT2D eigenvalue weighted by Gasteiger charge is 2.50. The Morgan fingerprint density at radius 3 is 2.31 bits per heavy atom. The Morgan fingerprint density at radius 2 is 1.88 bits per heavy atom. The third kappa shape index (κ3) is 1.92. The number of amides is 1. The molecule has 3 nitrogen and oxygen atoms in total. The molecule has 2 aliphatic rings. The van der Waals surface area contributed by atoms with Crippen molar-refractivity contribution in [3.05, 3.63) is 0 Å². The van der Waals surface area contributed by atoms with E-state index in [0.717, 1.165) is 12.3 Å². The van der Waals surface area contributed by atoms with Crippen LogP contribution in [0.1, 0.15) is 47.5 Å². The zero-order chi connectivity index (χ0) is 12.1. The van der Waals surface area contributed by atoms with Crippen molar-refractivity contribution in [2.45, 2.75) is 65.1 Å². The molecule has 1 amide bonds. The summed E-state index contributed by atoms with van der Waals surface area (Å²) in [6, 6.07) is 0.772. The van der Waals surface area contributed by atoms with E-state index < -0.39 is 0 Å². The number of hydrogen-bond donors (Lipinski definition) is 0. The van der Waals surface area contributed by atoms with Crippen LogP contribution in [0.25, 0.3) is 0 Å². The Labute approximate surface area is 98.1 Å². The largest absolute Gasteiger partial charge is 0.444 e. The molecule has 0 N–H and O–H groups in total. The summed E-state index contributed by atoms with van der Waals surface area (Å²) in [5.41, 5.74) is -0.385. The zero-order valence-electron chi connectivity index (χ0n) is 11.0. The van der Waals surface area contributed by atoms with Crippen LogP contribution in [0.3, 0.4) is 0 Å². The minimum atomic E-state index is -0.385. The highest BCUT2D eigenvalue weighted by Crippen LogP contribution is 2.46. The minimum absolute atomic E-state index is 0.126. The summed E-state index contributed by atoms with van der Waals surface area (Å²) >= 11 is 0. The van der Waals surface area contributed by atoms with Crippen LogP contribution in [0, 0.1) is 11.8 Å². The van der Waals surface area contributed by atoms with Gasteiger partial charge in [0.05, 0.1) is 0 Å². The molecule has 4 atom stereocenters. The van der Waals surface area contributed by atoms with Crippen LogP contribution < -0.4 is 0 Å². The van der Waals surface area contributed by atoms with Gasteiger partial charge in [-0.15, -0.1) is 0 Å². The number of hydrogen-bond acceptors (Lipinski definition) is 2. The molecule has 0 aromatic rings. The monoisotopic (exact) mass is 225 g/mol. The zero-order valence-corrected chi connectivity index (χ0v) is 11.0. The molecule has 0 spiro atoms. The SMILES string of the molecule is CC1CC2CC1C(C)N2C(=O)OC(C)(C)C. The third-order valence-electron chi connectivity index (χ3n) is 3.98. The summed E-state index contributed by atoms with van der Waals surface area (Å²) in [6.45, 7) is 10.2. The molecule has 92 valence electrons. The molecule has 0 aromatic carbocycles. The van der Waals surface area contributed by atoms with Gasteiger partial charge in [0, 0.05) is 12.1 Å². The van der Waals surface area contributed by atoms with Gasteiger partial charge in [-0.1, -0.05) is 6.92 Å². The predicted octanol–water partition coefficient (Wildman–Crippen LogP) is 3.04. The van der Waals surface area contributed by atoms with Crippen LogP contribution in [0.5, 0.6) is 0 Å². The maximum absolute atomic E-state index is 12.1. The van der Waals surface area contributed by atoms with E-state index in [1.807, 2.05) is 25.7 Å². The number of piperidine rings is 1. The summed E-state index contributed by atoms with van der Waals surface area (Å²) < 4.78 is 5.47. The van der Waals surface area contributed by atoms with Crippen molar-refractivity contribution in [2.75, 3.05) is 0 Å². The van der Waals surface area contributed by atoms with Gasteiger partial charge in [0.1, 0.15) is 5.60 Å².